The highest BCUT2D eigenvalue weighted by molar-refractivity contribution is 5.82. The number of aliphatic imine (C=N–C) groups is 2. The lowest BCUT2D eigenvalue weighted by Crippen LogP contribution is -1.88. The number of hydrogen-bond donors (Lipinski definition) is 0. The van der Waals surface area contributed by atoms with E-state index < -0.39 is 0 Å². The van der Waals surface area contributed by atoms with Gasteiger partial charge in [0.25, 0.3) is 0 Å². The van der Waals surface area contributed by atoms with Crippen LogP contribution in [-0.2, 0) is 13.0 Å². The molecular weight excluding hydrogens is 396 g/mol. The molecule has 160 valence electrons. The number of rotatable bonds is 8. The molecule has 0 unspecified atom stereocenters. The first-order valence-corrected chi connectivity index (χ1v) is 10.6. The smallest absolute Gasteiger partial charge is 0.125 e. The van der Waals surface area contributed by atoms with E-state index in [-0.39, 0.29) is 0 Å². The second kappa shape index (κ2) is 10.4. The Hall–Kier alpha value is -3.92. The van der Waals surface area contributed by atoms with Gasteiger partial charge in [-0.05, 0) is 71.6 Å². The molecule has 3 aromatic carbocycles. The Bertz CT molecular complexity index is 1190. The molecule has 0 aliphatic rings. The summed E-state index contributed by atoms with van der Waals surface area (Å²) in [7, 11) is 1.66. The summed E-state index contributed by atoms with van der Waals surface area (Å²) in [5.74, 6) is 1.69. The first kappa shape index (κ1) is 21.3. The maximum Gasteiger partial charge on any atom is 0.125 e. The van der Waals surface area contributed by atoms with Crippen molar-refractivity contribution in [3.63, 3.8) is 0 Å². The fourth-order valence-electron chi connectivity index (χ4n) is 3.27. The Morgan fingerprint density at radius 3 is 2.22 bits per heavy atom. The Labute approximate surface area is 188 Å². The minimum absolute atomic E-state index is 0.514. The van der Waals surface area contributed by atoms with Crippen LogP contribution in [-0.4, -0.2) is 19.5 Å². The van der Waals surface area contributed by atoms with Crippen molar-refractivity contribution in [2.75, 3.05) is 7.11 Å². The number of ether oxygens (including phenoxy) is 1. The summed E-state index contributed by atoms with van der Waals surface area (Å²) in [4.78, 5) is 9.01. The van der Waals surface area contributed by atoms with Gasteiger partial charge >= 0.3 is 0 Å². The standard InChI is InChI=1S/C28H26N2O2/c1-21-3-11-26(12-4-21)30-18-24-7-5-22(6-8-24)15-25-16-28(32-20-25)19-29-17-23-9-13-27(31-2)14-10-23/h3-14,16-18,20H,15,19H2,1-2H3/b29-17+,30-18+. The molecule has 4 rings (SSSR count). The van der Waals surface area contributed by atoms with Gasteiger partial charge in [0, 0.05) is 18.9 Å². The van der Waals surface area contributed by atoms with Gasteiger partial charge in [0.05, 0.1) is 25.6 Å². The fraction of sp³-hybridized carbons (Fsp3) is 0.143. The SMILES string of the molecule is COc1ccc(/C=N/Cc2cc(Cc3ccc(/C=N/c4ccc(C)cc4)cc3)co2)cc1. The van der Waals surface area contributed by atoms with Crippen LogP contribution in [0, 0.1) is 6.92 Å². The topological polar surface area (TPSA) is 47.1 Å². The van der Waals surface area contributed by atoms with E-state index in [1.165, 1.54) is 11.1 Å². The van der Waals surface area contributed by atoms with Crippen LogP contribution in [0.25, 0.3) is 0 Å². The molecule has 32 heavy (non-hydrogen) atoms. The van der Waals surface area contributed by atoms with Gasteiger partial charge in [0.15, 0.2) is 0 Å². The Balaban J connectivity index is 1.30. The molecular formula is C28H26N2O2. The summed E-state index contributed by atoms with van der Waals surface area (Å²) in [6.07, 6.45) is 6.37. The van der Waals surface area contributed by atoms with Crippen molar-refractivity contribution in [1.82, 2.24) is 0 Å². The van der Waals surface area contributed by atoms with Crippen molar-refractivity contribution in [2.45, 2.75) is 19.9 Å². The second-order valence-electron chi connectivity index (χ2n) is 7.68. The van der Waals surface area contributed by atoms with E-state index in [1.807, 2.05) is 55.1 Å². The van der Waals surface area contributed by atoms with Crippen LogP contribution >= 0.6 is 0 Å². The molecule has 0 aliphatic heterocycles. The van der Waals surface area contributed by atoms with Gasteiger partial charge in [0.1, 0.15) is 11.5 Å². The van der Waals surface area contributed by atoms with Crippen LogP contribution in [0.5, 0.6) is 5.75 Å². The molecule has 0 spiro atoms. The van der Waals surface area contributed by atoms with Crippen LogP contribution in [0.3, 0.4) is 0 Å². The first-order valence-electron chi connectivity index (χ1n) is 10.6. The van der Waals surface area contributed by atoms with Gasteiger partial charge in [-0.25, -0.2) is 0 Å². The molecule has 0 N–H and O–H groups in total. The summed E-state index contributed by atoms with van der Waals surface area (Å²) in [6.45, 7) is 2.59. The van der Waals surface area contributed by atoms with E-state index >= 15 is 0 Å². The number of hydrogen-bond acceptors (Lipinski definition) is 4. The molecule has 4 nitrogen and oxygen atoms in total. The third kappa shape index (κ3) is 6.05. The molecule has 4 heteroatoms. The number of furan rings is 1. The normalized spacial score (nSPS) is 11.4. The zero-order chi connectivity index (χ0) is 22.2. The molecule has 0 bridgehead atoms. The van der Waals surface area contributed by atoms with Gasteiger partial charge in [-0.15, -0.1) is 0 Å². The third-order valence-electron chi connectivity index (χ3n) is 5.10. The maximum absolute atomic E-state index is 5.68. The van der Waals surface area contributed by atoms with Crippen LogP contribution in [0.1, 0.15) is 33.6 Å². The summed E-state index contributed by atoms with van der Waals surface area (Å²) in [5.41, 5.74) is 6.67. The van der Waals surface area contributed by atoms with Crippen molar-refractivity contribution in [2.24, 2.45) is 9.98 Å². The number of aryl methyl sites for hydroxylation is 1. The van der Waals surface area contributed by atoms with Gasteiger partial charge in [-0.3, -0.25) is 9.98 Å². The average Bonchev–Trinajstić information content (AvgIpc) is 3.27. The van der Waals surface area contributed by atoms with Crippen LogP contribution < -0.4 is 4.74 Å². The van der Waals surface area contributed by atoms with Crippen molar-refractivity contribution in [3.8, 4) is 5.75 Å². The van der Waals surface area contributed by atoms with E-state index in [4.69, 9.17) is 9.15 Å². The maximum atomic E-state index is 5.68. The van der Waals surface area contributed by atoms with Crippen LogP contribution in [0.2, 0.25) is 0 Å². The van der Waals surface area contributed by atoms with Crippen molar-refractivity contribution >= 4 is 18.1 Å². The molecule has 0 fully saturated rings. The summed E-state index contributed by atoms with van der Waals surface area (Å²) >= 11 is 0. The number of benzene rings is 3. The molecule has 0 radical (unpaired) electrons. The molecule has 4 aromatic rings. The Morgan fingerprint density at radius 2 is 1.50 bits per heavy atom. The van der Waals surface area contributed by atoms with E-state index in [1.54, 1.807) is 7.11 Å². The number of methoxy groups -OCH3 is 1. The van der Waals surface area contributed by atoms with Gasteiger partial charge in [-0.2, -0.15) is 0 Å². The largest absolute Gasteiger partial charge is 0.497 e. The van der Waals surface area contributed by atoms with Crippen LogP contribution in [0.15, 0.2) is 99.5 Å². The van der Waals surface area contributed by atoms with Gasteiger partial charge in [-0.1, -0.05) is 42.0 Å². The molecule has 1 aromatic heterocycles. The lowest BCUT2D eigenvalue weighted by Gasteiger charge is -2.00. The van der Waals surface area contributed by atoms with E-state index in [0.717, 1.165) is 40.3 Å². The zero-order valence-corrected chi connectivity index (χ0v) is 18.4. The summed E-state index contributed by atoms with van der Waals surface area (Å²) in [6, 6.07) is 26.5. The second-order valence-corrected chi connectivity index (χ2v) is 7.68. The van der Waals surface area contributed by atoms with E-state index in [0.29, 0.717) is 6.54 Å². The highest BCUT2D eigenvalue weighted by Gasteiger charge is 2.03. The molecule has 0 aliphatic carbocycles. The quantitative estimate of drug-likeness (QED) is 0.302. The van der Waals surface area contributed by atoms with Gasteiger partial charge < -0.3 is 9.15 Å². The minimum Gasteiger partial charge on any atom is -0.497 e. The van der Waals surface area contributed by atoms with Crippen molar-refractivity contribution < 1.29 is 9.15 Å². The first-order chi connectivity index (χ1) is 15.7. The Kier molecular flexibility index (Phi) is 6.93. The van der Waals surface area contributed by atoms with Crippen molar-refractivity contribution in [1.29, 1.82) is 0 Å². The van der Waals surface area contributed by atoms with E-state index in [2.05, 4.69) is 59.4 Å². The monoisotopic (exact) mass is 422 g/mol. The predicted octanol–water partition coefficient (Wildman–Crippen LogP) is 6.56. The zero-order valence-electron chi connectivity index (χ0n) is 18.4. The highest BCUT2D eigenvalue weighted by atomic mass is 16.5. The number of nitrogens with zero attached hydrogens (tertiary/aromatic N) is 2. The lowest BCUT2D eigenvalue weighted by molar-refractivity contribution is 0.415. The predicted molar refractivity (Wildman–Crippen MR) is 131 cm³/mol. The van der Waals surface area contributed by atoms with Crippen molar-refractivity contribution in [3.05, 3.63) is 119 Å². The summed E-state index contributed by atoms with van der Waals surface area (Å²) in [5, 5.41) is 0. The minimum atomic E-state index is 0.514. The fourth-order valence-corrected chi connectivity index (χ4v) is 3.27. The lowest BCUT2D eigenvalue weighted by atomic mass is 10.1. The van der Waals surface area contributed by atoms with E-state index in [9.17, 15) is 0 Å². The highest BCUT2D eigenvalue weighted by Crippen LogP contribution is 2.16. The molecule has 0 amide bonds. The van der Waals surface area contributed by atoms with Gasteiger partial charge in [0.2, 0.25) is 0 Å². The Morgan fingerprint density at radius 1 is 0.812 bits per heavy atom. The molecule has 0 saturated heterocycles. The summed E-state index contributed by atoms with van der Waals surface area (Å²) < 4.78 is 10.8. The average molecular weight is 423 g/mol. The molecule has 0 saturated carbocycles. The molecule has 0 atom stereocenters. The van der Waals surface area contributed by atoms with Crippen LogP contribution in [0.4, 0.5) is 5.69 Å². The molecule has 1 heterocycles. The third-order valence-corrected chi connectivity index (χ3v) is 5.10.